The Morgan fingerprint density at radius 2 is 2.07 bits per heavy atom. The number of carbonyl (C=O) groups is 1. The van der Waals surface area contributed by atoms with E-state index in [1.165, 1.54) is 24.3 Å². The molecule has 82 valence electrons. The second kappa shape index (κ2) is 5.46. The molecule has 3 N–H and O–H groups in total. The molecule has 0 aliphatic carbocycles. The number of nitrogens with one attached hydrogen (secondary N) is 1. The van der Waals surface area contributed by atoms with Crippen molar-refractivity contribution < 1.29 is 9.18 Å². The van der Waals surface area contributed by atoms with Crippen LogP contribution in [0.5, 0.6) is 0 Å². The Morgan fingerprint density at radius 1 is 1.47 bits per heavy atom. The van der Waals surface area contributed by atoms with Crippen LogP contribution in [0.3, 0.4) is 0 Å². The summed E-state index contributed by atoms with van der Waals surface area (Å²) in [6.07, 6.45) is 0.729. The number of hydrogen-bond acceptors (Lipinski definition) is 2. The van der Waals surface area contributed by atoms with Gasteiger partial charge in [0.1, 0.15) is 5.82 Å². The highest BCUT2D eigenvalue weighted by Gasteiger charge is 2.04. The number of amides is 1. The minimum Gasteiger partial charge on any atom is -0.352 e. The van der Waals surface area contributed by atoms with E-state index in [0.29, 0.717) is 12.1 Å². The summed E-state index contributed by atoms with van der Waals surface area (Å²) in [5.74, 6) is -0.544. The van der Waals surface area contributed by atoms with Crippen molar-refractivity contribution in [1.29, 1.82) is 0 Å². The number of benzene rings is 1. The lowest BCUT2D eigenvalue weighted by Gasteiger charge is -2.07. The van der Waals surface area contributed by atoms with E-state index in [0.717, 1.165) is 6.42 Å². The monoisotopic (exact) mass is 210 g/mol. The molecule has 0 aliphatic rings. The van der Waals surface area contributed by atoms with Gasteiger partial charge in [0.05, 0.1) is 0 Å². The van der Waals surface area contributed by atoms with Gasteiger partial charge in [-0.2, -0.15) is 0 Å². The Morgan fingerprint density at radius 3 is 2.60 bits per heavy atom. The average Bonchev–Trinajstić information content (AvgIpc) is 2.18. The third-order valence-electron chi connectivity index (χ3n) is 1.99. The molecule has 1 unspecified atom stereocenters. The third kappa shape index (κ3) is 4.08. The van der Waals surface area contributed by atoms with Crippen LogP contribution in [0.2, 0.25) is 0 Å². The fourth-order valence-electron chi connectivity index (χ4n) is 1.12. The van der Waals surface area contributed by atoms with Gasteiger partial charge < -0.3 is 11.1 Å². The van der Waals surface area contributed by atoms with E-state index in [4.69, 9.17) is 5.73 Å². The molecule has 0 bridgehead atoms. The van der Waals surface area contributed by atoms with Crippen LogP contribution in [0.1, 0.15) is 23.7 Å². The van der Waals surface area contributed by atoms with Gasteiger partial charge in [-0.1, -0.05) is 0 Å². The summed E-state index contributed by atoms with van der Waals surface area (Å²) in [5.41, 5.74) is 6.00. The van der Waals surface area contributed by atoms with Crippen molar-refractivity contribution in [2.45, 2.75) is 19.4 Å². The summed E-state index contributed by atoms with van der Waals surface area (Å²) in [6, 6.07) is 5.51. The molecular formula is C11H15FN2O. The number of carbonyl (C=O) groups excluding carboxylic acids is 1. The van der Waals surface area contributed by atoms with E-state index in [1.807, 2.05) is 6.92 Å². The van der Waals surface area contributed by atoms with Gasteiger partial charge in [-0.15, -0.1) is 0 Å². The zero-order chi connectivity index (χ0) is 11.3. The highest BCUT2D eigenvalue weighted by Crippen LogP contribution is 2.02. The van der Waals surface area contributed by atoms with Crippen LogP contribution >= 0.6 is 0 Å². The molecule has 1 atom stereocenters. The average molecular weight is 210 g/mol. The number of rotatable bonds is 4. The van der Waals surface area contributed by atoms with Crippen molar-refractivity contribution in [3.63, 3.8) is 0 Å². The second-order valence-corrected chi connectivity index (χ2v) is 3.53. The fourth-order valence-corrected chi connectivity index (χ4v) is 1.12. The Balaban J connectivity index is 2.43. The summed E-state index contributed by atoms with van der Waals surface area (Å²) in [7, 11) is 0. The fraction of sp³-hybridized carbons (Fsp3) is 0.364. The Bertz CT molecular complexity index is 322. The van der Waals surface area contributed by atoms with Gasteiger partial charge in [-0.3, -0.25) is 4.79 Å². The Labute approximate surface area is 88.5 Å². The molecule has 3 nitrogen and oxygen atoms in total. The lowest BCUT2D eigenvalue weighted by atomic mass is 10.2. The lowest BCUT2D eigenvalue weighted by Crippen LogP contribution is -2.28. The van der Waals surface area contributed by atoms with E-state index >= 15 is 0 Å². The van der Waals surface area contributed by atoms with Gasteiger partial charge in [0.2, 0.25) is 0 Å². The Hall–Kier alpha value is -1.42. The van der Waals surface area contributed by atoms with Crippen LogP contribution in [-0.4, -0.2) is 18.5 Å². The zero-order valence-electron chi connectivity index (χ0n) is 8.66. The molecule has 0 saturated carbocycles. The summed E-state index contributed by atoms with van der Waals surface area (Å²) >= 11 is 0. The van der Waals surface area contributed by atoms with E-state index in [-0.39, 0.29) is 17.8 Å². The van der Waals surface area contributed by atoms with Crippen LogP contribution in [0.4, 0.5) is 4.39 Å². The van der Waals surface area contributed by atoms with Crippen LogP contribution in [0.15, 0.2) is 24.3 Å². The minimum atomic E-state index is -0.345. The van der Waals surface area contributed by atoms with Gasteiger partial charge in [0.15, 0.2) is 0 Å². The first-order chi connectivity index (χ1) is 7.09. The standard InChI is InChI=1S/C11H15FN2O/c1-8(13)6-7-14-11(15)9-2-4-10(12)5-3-9/h2-5,8H,6-7,13H2,1H3,(H,14,15). The first-order valence-corrected chi connectivity index (χ1v) is 4.89. The second-order valence-electron chi connectivity index (χ2n) is 3.53. The minimum absolute atomic E-state index is 0.0681. The predicted octanol–water partition coefficient (Wildman–Crippen LogP) is 1.29. The van der Waals surface area contributed by atoms with E-state index in [1.54, 1.807) is 0 Å². The molecule has 0 saturated heterocycles. The van der Waals surface area contributed by atoms with Crippen LogP contribution in [-0.2, 0) is 0 Å². The first kappa shape index (κ1) is 11.7. The van der Waals surface area contributed by atoms with E-state index in [9.17, 15) is 9.18 Å². The first-order valence-electron chi connectivity index (χ1n) is 4.89. The SMILES string of the molecule is CC(N)CCNC(=O)c1ccc(F)cc1. The van der Waals surface area contributed by atoms with Crippen molar-refractivity contribution in [3.05, 3.63) is 35.6 Å². The predicted molar refractivity (Wildman–Crippen MR) is 57.0 cm³/mol. The van der Waals surface area contributed by atoms with Gasteiger partial charge in [-0.05, 0) is 37.6 Å². The van der Waals surface area contributed by atoms with Crippen molar-refractivity contribution >= 4 is 5.91 Å². The molecule has 1 rings (SSSR count). The molecule has 1 amide bonds. The number of hydrogen-bond donors (Lipinski definition) is 2. The molecule has 0 fully saturated rings. The maximum absolute atomic E-state index is 12.6. The summed E-state index contributed by atoms with van der Waals surface area (Å²) in [5, 5.41) is 2.71. The number of nitrogens with two attached hydrogens (primary N) is 1. The highest BCUT2D eigenvalue weighted by atomic mass is 19.1. The van der Waals surface area contributed by atoms with Crippen molar-refractivity contribution in [3.8, 4) is 0 Å². The summed E-state index contributed by atoms with van der Waals surface area (Å²) in [6.45, 7) is 2.41. The largest absolute Gasteiger partial charge is 0.352 e. The number of halogens is 1. The van der Waals surface area contributed by atoms with Crippen LogP contribution in [0, 0.1) is 5.82 Å². The molecular weight excluding hydrogens is 195 g/mol. The molecule has 0 heterocycles. The van der Waals surface area contributed by atoms with Gasteiger partial charge in [-0.25, -0.2) is 4.39 Å². The van der Waals surface area contributed by atoms with Crippen molar-refractivity contribution in [1.82, 2.24) is 5.32 Å². The molecule has 15 heavy (non-hydrogen) atoms. The van der Waals surface area contributed by atoms with E-state index < -0.39 is 0 Å². The molecule has 1 aromatic rings. The quantitative estimate of drug-likeness (QED) is 0.786. The van der Waals surface area contributed by atoms with Gasteiger partial charge in [0.25, 0.3) is 5.91 Å². The smallest absolute Gasteiger partial charge is 0.251 e. The molecule has 1 aromatic carbocycles. The van der Waals surface area contributed by atoms with Crippen molar-refractivity contribution in [2.24, 2.45) is 5.73 Å². The molecule has 4 heteroatoms. The van der Waals surface area contributed by atoms with Crippen LogP contribution in [0.25, 0.3) is 0 Å². The summed E-state index contributed by atoms with van der Waals surface area (Å²) < 4.78 is 12.6. The van der Waals surface area contributed by atoms with Gasteiger partial charge >= 0.3 is 0 Å². The maximum atomic E-state index is 12.6. The summed E-state index contributed by atoms with van der Waals surface area (Å²) in [4.78, 5) is 11.5. The molecule has 0 aromatic heterocycles. The van der Waals surface area contributed by atoms with E-state index in [2.05, 4.69) is 5.32 Å². The maximum Gasteiger partial charge on any atom is 0.251 e. The Kier molecular flexibility index (Phi) is 4.24. The normalized spacial score (nSPS) is 12.2. The van der Waals surface area contributed by atoms with Crippen LogP contribution < -0.4 is 11.1 Å². The lowest BCUT2D eigenvalue weighted by molar-refractivity contribution is 0.0953. The molecule has 0 radical (unpaired) electrons. The molecule has 0 aliphatic heterocycles. The topological polar surface area (TPSA) is 55.1 Å². The zero-order valence-corrected chi connectivity index (χ0v) is 8.66. The molecule has 0 spiro atoms. The third-order valence-corrected chi connectivity index (χ3v) is 1.99. The van der Waals surface area contributed by atoms with Crippen molar-refractivity contribution in [2.75, 3.05) is 6.54 Å². The highest BCUT2D eigenvalue weighted by molar-refractivity contribution is 5.94. The van der Waals surface area contributed by atoms with Gasteiger partial charge in [0, 0.05) is 18.2 Å².